The Hall–Kier alpha value is -4.01. The number of nitrogens with one attached hydrogen (secondary N) is 3. The second kappa shape index (κ2) is 17.6. The molecule has 15 heteroatoms. The average molecular weight is 746 g/mol. The number of carbonyl (C=O) groups is 2. The number of aryl methyl sites for hydroxylation is 1. The first kappa shape index (κ1) is 37.8. The molecule has 0 spiro atoms. The number of hydrogen-bond acceptors (Lipinski definition) is 7. The molecular formula is C34H38Cl2N6O5S2. The van der Waals surface area contributed by atoms with Crippen molar-refractivity contribution in [3.63, 3.8) is 0 Å². The monoisotopic (exact) mass is 744 g/mol. The molecule has 0 aliphatic heterocycles. The first-order chi connectivity index (χ1) is 23.4. The van der Waals surface area contributed by atoms with Gasteiger partial charge in [0.1, 0.15) is 15.9 Å². The molecule has 0 saturated heterocycles. The zero-order valence-electron chi connectivity index (χ0n) is 27.3. The van der Waals surface area contributed by atoms with Crippen molar-refractivity contribution in [2.45, 2.75) is 11.3 Å². The van der Waals surface area contributed by atoms with E-state index >= 15 is 0 Å². The van der Waals surface area contributed by atoms with Crippen molar-refractivity contribution in [3.05, 3.63) is 90.6 Å². The van der Waals surface area contributed by atoms with Crippen molar-refractivity contribution < 1.29 is 22.6 Å². The van der Waals surface area contributed by atoms with Crippen LogP contribution in [0.5, 0.6) is 0 Å². The third kappa shape index (κ3) is 10.7. The van der Waals surface area contributed by atoms with Gasteiger partial charge in [-0.1, -0.05) is 18.2 Å². The molecular weight excluding hydrogens is 707 g/mol. The molecule has 0 aliphatic carbocycles. The Balaban J connectivity index is 0.000000463. The van der Waals surface area contributed by atoms with E-state index in [2.05, 4.69) is 33.0 Å². The minimum atomic E-state index is -4.25. The molecule has 0 fully saturated rings. The topological polar surface area (TPSA) is 152 Å². The van der Waals surface area contributed by atoms with E-state index in [1.807, 2.05) is 48.0 Å². The Morgan fingerprint density at radius 2 is 1.61 bits per heavy atom. The van der Waals surface area contributed by atoms with E-state index in [0.29, 0.717) is 59.5 Å². The molecule has 5 rings (SSSR count). The van der Waals surface area contributed by atoms with Crippen LogP contribution in [-0.2, 0) is 32.9 Å². The van der Waals surface area contributed by atoms with Crippen LogP contribution >= 0.6 is 23.2 Å². The molecule has 5 aromatic rings. The summed E-state index contributed by atoms with van der Waals surface area (Å²) in [7, 11) is -2.10. The zero-order valence-corrected chi connectivity index (χ0v) is 30.4. The highest BCUT2D eigenvalue weighted by Gasteiger charge is 2.16. The van der Waals surface area contributed by atoms with Crippen LogP contribution < -0.4 is 15.5 Å². The van der Waals surface area contributed by atoms with Crippen molar-refractivity contribution in [1.82, 2.24) is 14.5 Å². The predicted molar refractivity (Wildman–Crippen MR) is 200 cm³/mol. The fraction of sp³-hybridized carbons (Fsp3) is 0.265. The van der Waals surface area contributed by atoms with Gasteiger partial charge in [0.15, 0.2) is 5.82 Å². The smallest absolute Gasteiger partial charge is 0.255 e. The van der Waals surface area contributed by atoms with E-state index in [4.69, 9.17) is 28.2 Å². The number of carbonyl (C=O) groups excluding carboxylic acids is 2. The molecule has 2 aromatic heterocycles. The summed E-state index contributed by atoms with van der Waals surface area (Å²) in [6, 6.07) is 22.1. The number of alkyl halides is 2. The normalized spacial score (nSPS) is 11.2. The fourth-order valence-corrected chi connectivity index (χ4v) is 6.31. The van der Waals surface area contributed by atoms with Gasteiger partial charge < -0.3 is 29.6 Å². The maximum Gasteiger partial charge on any atom is 0.255 e. The Kier molecular flexibility index (Phi) is 13.6. The number of H-pyrrole nitrogens is 1. The minimum Gasteiger partial charge on any atom is -0.744 e. The summed E-state index contributed by atoms with van der Waals surface area (Å²) < 4.78 is 32.8. The molecule has 260 valence electrons. The number of hydrogen-bond donors (Lipinski definition) is 3. The van der Waals surface area contributed by atoms with Gasteiger partial charge in [-0.3, -0.25) is 9.59 Å². The van der Waals surface area contributed by atoms with Crippen molar-refractivity contribution in [1.29, 1.82) is 0 Å². The fourth-order valence-electron chi connectivity index (χ4n) is 4.82. The summed E-state index contributed by atoms with van der Waals surface area (Å²) >= 11 is 11.8. The van der Waals surface area contributed by atoms with Gasteiger partial charge in [-0.25, -0.2) is 13.4 Å². The molecule has 0 radical (unpaired) electrons. The first-order valence-corrected chi connectivity index (χ1v) is 19.9. The van der Waals surface area contributed by atoms with Crippen LogP contribution in [0, 0.1) is 0 Å². The van der Waals surface area contributed by atoms with Crippen LogP contribution in [0.2, 0.25) is 0 Å². The van der Waals surface area contributed by atoms with Gasteiger partial charge in [-0.05, 0) is 71.6 Å². The number of imidazole rings is 1. The average Bonchev–Trinajstić information content (AvgIpc) is 3.67. The second-order valence-electron chi connectivity index (χ2n) is 11.1. The number of fused-ring (bicyclic) bond motifs is 1. The quantitative estimate of drug-likeness (QED) is 0.0771. The number of aromatic nitrogens is 3. The van der Waals surface area contributed by atoms with Crippen LogP contribution in [-0.4, -0.2) is 82.4 Å². The Morgan fingerprint density at radius 3 is 2.20 bits per heavy atom. The standard InChI is InChI=1S/C28H32Cl2N6O2S.C6H6O3S/c1-35-25-9-4-19(28(38)33-20-5-7-22(8-6-20)36(13-11-29)14-12-30)16-23(25)34-27(35)24-17-21(18-31-24)32-26(37)10-15-39(2)3;7-10(8,9)6-4-2-1-3-5-6/h4-9,16-18H,10-15H2,1-3H3,(H2-,31,32,33,34,37,38);1-5H,(H,7,8,9). The number of anilines is 3. The molecule has 0 unspecified atom stereocenters. The van der Waals surface area contributed by atoms with Crippen molar-refractivity contribution >= 4 is 84.1 Å². The van der Waals surface area contributed by atoms with Crippen molar-refractivity contribution in [3.8, 4) is 11.5 Å². The van der Waals surface area contributed by atoms with E-state index in [9.17, 15) is 22.6 Å². The van der Waals surface area contributed by atoms with Gasteiger partial charge in [-0.15, -0.1) is 23.2 Å². The van der Waals surface area contributed by atoms with Crippen LogP contribution in [0.4, 0.5) is 17.1 Å². The molecule has 2 amide bonds. The lowest BCUT2D eigenvalue weighted by Gasteiger charge is -2.23. The molecule has 3 N–H and O–H groups in total. The van der Waals surface area contributed by atoms with Crippen LogP contribution in [0.3, 0.4) is 0 Å². The summed E-state index contributed by atoms with van der Waals surface area (Å²) in [6.45, 7) is 1.39. The van der Waals surface area contributed by atoms with Gasteiger partial charge in [0.2, 0.25) is 5.91 Å². The van der Waals surface area contributed by atoms with E-state index in [1.165, 1.54) is 24.3 Å². The third-order valence-corrected chi connectivity index (χ3v) is 9.53. The summed E-state index contributed by atoms with van der Waals surface area (Å²) in [6.07, 6.45) is 6.51. The number of amides is 2. The molecule has 3 aromatic carbocycles. The van der Waals surface area contributed by atoms with Gasteiger partial charge in [0.05, 0.1) is 46.2 Å². The lowest BCUT2D eigenvalue weighted by Crippen LogP contribution is -2.27. The summed E-state index contributed by atoms with van der Waals surface area (Å²) in [5, 5.41) is 5.89. The maximum atomic E-state index is 13.0. The molecule has 11 nitrogen and oxygen atoms in total. The Morgan fingerprint density at radius 1 is 0.939 bits per heavy atom. The van der Waals surface area contributed by atoms with Crippen LogP contribution in [0.25, 0.3) is 22.6 Å². The molecule has 2 heterocycles. The van der Waals surface area contributed by atoms with Crippen molar-refractivity contribution in [2.24, 2.45) is 7.05 Å². The highest BCUT2D eigenvalue weighted by molar-refractivity contribution is 7.95. The SMILES string of the molecule is Cn1c(-c2cc(NC(=O)CC[S+](C)C)c[nH]2)nc2cc(C(=O)Nc3ccc(N(CCCl)CCCl)cc3)ccc21.O=S(=O)([O-])c1ccccc1. The largest absolute Gasteiger partial charge is 0.744 e. The summed E-state index contributed by atoms with van der Waals surface area (Å²) in [5.74, 6) is 2.38. The van der Waals surface area contributed by atoms with Crippen LogP contribution in [0.15, 0.2) is 90.0 Å². The van der Waals surface area contributed by atoms with E-state index < -0.39 is 10.1 Å². The molecule has 0 aliphatic rings. The molecule has 0 saturated carbocycles. The highest BCUT2D eigenvalue weighted by Crippen LogP contribution is 2.26. The van der Waals surface area contributed by atoms with Gasteiger partial charge in [-0.2, -0.15) is 0 Å². The molecule has 0 bridgehead atoms. The third-order valence-electron chi connectivity index (χ3n) is 7.32. The lowest BCUT2D eigenvalue weighted by molar-refractivity contribution is -0.115. The minimum absolute atomic E-state index is 0.000101. The Labute approximate surface area is 299 Å². The number of nitrogens with zero attached hydrogens (tertiary/aromatic N) is 3. The summed E-state index contributed by atoms with van der Waals surface area (Å²) in [4.78, 5) is 35.1. The predicted octanol–water partition coefficient (Wildman–Crippen LogP) is 5.90. The maximum absolute atomic E-state index is 13.0. The molecule has 49 heavy (non-hydrogen) atoms. The number of benzene rings is 3. The highest BCUT2D eigenvalue weighted by atomic mass is 35.5. The molecule has 0 atom stereocenters. The van der Waals surface area contributed by atoms with E-state index in [-0.39, 0.29) is 27.6 Å². The first-order valence-electron chi connectivity index (χ1n) is 15.2. The van der Waals surface area contributed by atoms with Gasteiger partial charge in [0.25, 0.3) is 5.91 Å². The lowest BCUT2D eigenvalue weighted by atomic mass is 10.1. The van der Waals surface area contributed by atoms with Gasteiger partial charge in [0, 0.05) is 55.0 Å². The van der Waals surface area contributed by atoms with E-state index in [1.54, 1.807) is 24.4 Å². The number of aromatic amines is 1. The van der Waals surface area contributed by atoms with E-state index in [0.717, 1.165) is 22.7 Å². The van der Waals surface area contributed by atoms with Crippen molar-refractivity contribution in [2.75, 3.05) is 58.6 Å². The number of rotatable bonds is 13. The zero-order chi connectivity index (χ0) is 35.6. The summed E-state index contributed by atoms with van der Waals surface area (Å²) in [5.41, 5.74) is 5.27. The Bertz CT molecular complexity index is 1960. The second-order valence-corrected chi connectivity index (χ2v) is 15.6. The van der Waals surface area contributed by atoms with Crippen LogP contribution in [0.1, 0.15) is 16.8 Å². The van der Waals surface area contributed by atoms with Gasteiger partial charge >= 0.3 is 0 Å². The number of halogens is 2.